The second-order valence-corrected chi connectivity index (χ2v) is 8.21. The molecule has 5 rings (SSSR count). The molecule has 3 nitrogen and oxygen atoms in total. The highest BCUT2D eigenvalue weighted by atomic mass is 16.1. The lowest BCUT2D eigenvalue weighted by molar-refractivity contribution is -0.138. The van der Waals surface area contributed by atoms with Crippen LogP contribution in [0.25, 0.3) is 0 Å². The van der Waals surface area contributed by atoms with Gasteiger partial charge in [-0.1, -0.05) is 0 Å². The second-order valence-electron chi connectivity index (χ2n) is 8.21. The van der Waals surface area contributed by atoms with Gasteiger partial charge >= 0.3 is 0 Å². The van der Waals surface area contributed by atoms with Crippen molar-refractivity contribution in [2.75, 3.05) is 13.1 Å². The number of carbonyl (C=O) groups is 1. The molecule has 0 aromatic rings. The third kappa shape index (κ3) is 2.18. The summed E-state index contributed by atoms with van der Waals surface area (Å²) in [6, 6.07) is 0. The number of hydrogen-bond donors (Lipinski definition) is 2. The highest BCUT2D eigenvalue weighted by molar-refractivity contribution is 5.79. The normalized spacial score (nSPS) is 43.5. The fourth-order valence-electron chi connectivity index (χ4n) is 5.74. The van der Waals surface area contributed by atoms with E-state index in [0.29, 0.717) is 29.1 Å². The Balaban J connectivity index is 1.37. The van der Waals surface area contributed by atoms with Crippen molar-refractivity contribution in [3.63, 3.8) is 0 Å². The summed E-state index contributed by atoms with van der Waals surface area (Å²) in [7, 11) is 0. The van der Waals surface area contributed by atoms with Gasteiger partial charge < -0.3 is 11.1 Å². The first-order valence-electron chi connectivity index (χ1n) is 8.67. The Hall–Kier alpha value is -0.570. The number of nitrogens with one attached hydrogen (secondary N) is 1. The molecule has 0 heterocycles. The van der Waals surface area contributed by atoms with Crippen molar-refractivity contribution in [3.8, 4) is 0 Å². The van der Waals surface area contributed by atoms with E-state index >= 15 is 0 Å². The Kier molecular flexibility index (Phi) is 3.10. The Labute approximate surface area is 122 Å². The zero-order valence-electron chi connectivity index (χ0n) is 12.4. The van der Waals surface area contributed by atoms with Gasteiger partial charge in [-0.05, 0) is 87.0 Å². The number of amides is 1. The van der Waals surface area contributed by atoms with Crippen LogP contribution in [0.1, 0.15) is 51.4 Å². The lowest BCUT2D eigenvalue weighted by Crippen LogP contribution is -2.51. The predicted molar refractivity (Wildman–Crippen MR) is 78.9 cm³/mol. The van der Waals surface area contributed by atoms with Crippen LogP contribution in [0.4, 0.5) is 0 Å². The average molecular weight is 276 g/mol. The van der Waals surface area contributed by atoms with Crippen LogP contribution in [0.2, 0.25) is 0 Å². The predicted octanol–water partition coefficient (Wildman–Crippen LogP) is 2.30. The van der Waals surface area contributed by atoms with E-state index in [0.717, 1.165) is 31.3 Å². The van der Waals surface area contributed by atoms with Crippen molar-refractivity contribution in [2.24, 2.45) is 40.7 Å². The molecule has 0 radical (unpaired) electrons. The maximum absolute atomic E-state index is 12.7. The van der Waals surface area contributed by atoms with E-state index in [-0.39, 0.29) is 0 Å². The third-order valence-electron chi connectivity index (χ3n) is 6.80. The number of hydrogen-bond acceptors (Lipinski definition) is 2. The molecule has 0 aromatic carbocycles. The molecule has 112 valence electrons. The minimum atomic E-state index is 0.344. The van der Waals surface area contributed by atoms with Crippen molar-refractivity contribution in [3.05, 3.63) is 0 Å². The fraction of sp³-hybridized carbons (Fsp3) is 0.941. The molecule has 0 aromatic heterocycles. The molecule has 3 heteroatoms. The molecule has 5 fully saturated rings. The quantitative estimate of drug-likeness (QED) is 0.809. The molecule has 20 heavy (non-hydrogen) atoms. The lowest BCUT2D eigenvalue weighted by atomic mass is 9.51. The van der Waals surface area contributed by atoms with E-state index in [1.54, 1.807) is 0 Å². The summed E-state index contributed by atoms with van der Waals surface area (Å²) in [6.07, 6.45) is 10.4. The first-order chi connectivity index (χ1) is 9.69. The van der Waals surface area contributed by atoms with Crippen LogP contribution >= 0.6 is 0 Å². The molecule has 3 N–H and O–H groups in total. The van der Waals surface area contributed by atoms with Crippen LogP contribution in [-0.4, -0.2) is 19.0 Å². The fourth-order valence-corrected chi connectivity index (χ4v) is 5.74. The minimum absolute atomic E-state index is 0.344. The standard InChI is InChI=1S/C17H28N2O/c18-4-3-17(1-2-17)10-19-16(20)15-13-6-11-5-12(8-13)9-14(15)7-11/h11-15H,1-10,18H2,(H,19,20). The van der Waals surface area contributed by atoms with Crippen LogP contribution in [-0.2, 0) is 4.79 Å². The smallest absolute Gasteiger partial charge is 0.223 e. The molecule has 4 bridgehead atoms. The van der Waals surface area contributed by atoms with E-state index in [9.17, 15) is 4.79 Å². The number of carbonyl (C=O) groups excluding carboxylic acids is 1. The first kappa shape index (κ1) is 13.1. The zero-order valence-corrected chi connectivity index (χ0v) is 12.4. The van der Waals surface area contributed by atoms with Crippen molar-refractivity contribution in [1.29, 1.82) is 0 Å². The Morgan fingerprint density at radius 2 is 1.65 bits per heavy atom. The van der Waals surface area contributed by atoms with E-state index in [1.807, 2.05) is 0 Å². The average Bonchev–Trinajstić information content (AvgIpc) is 3.16. The van der Waals surface area contributed by atoms with Gasteiger partial charge in [0, 0.05) is 12.5 Å². The van der Waals surface area contributed by atoms with Crippen molar-refractivity contribution in [1.82, 2.24) is 5.32 Å². The Morgan fingerprint density at radius 1 is 1.05 bits per heavy atom. The largest absolute Gasteiger partial charge is 0.355 e. The van der Waals surface area contributed by atoms with E-state index in [1.165, 1.54) is 44.9 Å². The summed E-state index contributed by atoms with van der Waals surface area (Å²) >= 11 is 0. The van der Waals surface area contributed by atoms with Crippen molar-refractivity contribution >= 4 is 5.91 Å². The Morgan fingerprint density at radius 3 is 2.15 bits per heavy atom. The highest BCUT2D eigenvalue weighted by Gasteiger charge is 2.51. The van der Waals surface area contributed by atoms with Crippen LogP contribution < -0.4 is 11.1 Å². The molecule has 5 aliphatic rings. The summed E-state index contributed by atoms with van der Waals surface area (Å²) in [5.74, 6) is 4.03. The minimum Gasteiger partial charge on any atom is -0.355 e. The lowest BCUT2D eigenvalue weighted by Gasteiger charge is -2.53. The second kappa shape index (κ2) is 4.72. The molecule has 0 saturated heterocycles. The van der Waals surface area contributed by atoms with Crippen LogP contribution in [0.15, 0.2) is 0 Å². The third-order valence-corrected chi connectivity index (χ3v) is 6.80. The molecule has 5 saturated carbocycles. The van der Waals surface area contributed by atoms with Crippen LogP contribution in [0.3, 0.4) is 0 Å². The summed E-state index contributed by atoms with van der Waals surface area (Å²) in [5.41, 5.74) is 6.06. The van der Waals surface area contributed by atoms with Gasteiger partial charge in [-0.25, -0.2) is 0 Å². The summed E-state index contributed by atoms with van der Waals surface area (Å²) in [5, 5.41) is 3.30. The van der Waals surface area contributed by atoms with Crippen LogP contribution in [0, 0.1) is 35.0 Å². The van der Waals surface area contributed by atoms with Gasteiger partial charge in [0.1, 0.15) is 0 Å². The van der Waals surface area contributed by atoms with Gasteiger partial charge in [0.15, 0.2) is 0 Å². The summed E-state index contributed by atoms with van der Waals surface area (Å²) in [6.45, 7) is 1.64. The zero-order chi connectivity index (χ0) is 13.7. The molecule has 0 aliphatic heterocycles. The molecule has 0 atom stereocenters. The van der Waals surface area contributed by atoms with Crippen molar-refractivity contribution in [2.45, 2.75) is 51.4 Å². The molecular weight excluding hydrogens is 248 g/mol. The topological polar surface area (TPSA) is 55.1 Å². The van der Waals surface area contributed by atoms with E-state index < -0.39 is 0 Å². The van der Waals surface area contributed by atoms with E-state index in [4.69, 9.17) is 5.73 Å². The van der Waals surface area contributed by atoms with Crippen molar-refractivity contribution < 1.29 is 4.79 Å². The molecular formula is C17H28N2O. The van der Waals surface area contributed by atoms with Gasteiger partial charge in [-0.3, -0.25) is 4.79 Å². The van der Waals surface area contributed by atoms with E-state index in [2.05, 4.69) is 5.32 Å². The van der Waals surface area contributed by atoms with Gasteiger partial charge in [0.25, 0.3) is 0 Å². The SMILES string of the molecule is NCCC1(CNC(=O)C2C3CC4CC(C3)CC2C4)CC1. The van der Waals surface area contributed by atoms with Crippen LogP contribution in [0.5, 0.6) is 0 Å². The maximum Gasteiger partial charge on any atom is 0.223 e. The highest BCUT2D eigenvalue weighted by Crippen LogP contribution is 2.56. The van der Waals surface area contributed by atoms with Gasteiger partial charge in [0.2, 0.25) is 5.91 Å². The maximum atomic E-state index is 12.7. The van der Waals surface area contributed by atoms with Gasteiger partial charge in [-0.15, -0.1) is 0 Å². The molecule has 0 unspecified atom stereocenters. The summed E-state index contributed by atoms with van der Waals surface area (Å²) in [4.78, 5) is 12.7. The molecule has 5 aliphatic carbocycles. The number of nitrogens with two attached hydrogens (primary N) is 1. The number of rotatable bonds is 5. The molecule has 1 amide bonds. The monoisotopic (exact) mass is 276 g/mol. The summed E-state index contributed by atoms with van der Waals surface area (Å²) < 4.78 is 0. The first-order valence-corrected chi connectivity index (χ1v) is 8.67. The Bertz CT molecular complexity index is 374. The van der Waals surface area contributed by atoms with Gasteiger partial charge in [-0.2, -0.15) is 0 Å². The molecule has 0 spiro atoms. The van der Waals surface area contributed by atoms with Gasteiger partial charge in [0.05, 0.1) is 0 Å².